The Kier molecular flexibility index (Phi) is 3.58. The molecule has 4 aliphatic rings. The van der Waals surface area contributed by atoms with Crippen LogP contribution in [0.15, 0.2) is 5.34 Å². The SMILES string of the molecule is C[C@]12CCCC[C@@H]1CC[C@@H]1[C@@H]2CC[C@]2(C)C(=O)[C@H](ON=O)C[C@@H]12. The summed E-state index contributed by atoms with van der Waals surface area (Å²) in [6, 6.07) is 0. The first-order valence-corrected chi connectivity index (χ1v) is 9.53. The summed E-state index contributed by atoms with van der Waals surface area (Å²) >= 11 is 0. The van der Waals surface area contributed by atoms with Crippen LogP contribution in [-0.4, -0.2) is 11.9 Å². The van der Waals surface area contributed by atoms with Crippen molar-refractivity contribution in [2.45, 2.75) is 77.7 Å². The van der Waals surface area contributed by atoms with Crippen molar-refractivity contribution in [1.82, 2.24) is 0 Å². The number of Topliss-reactive ketones (excluding diaryl/α,β-unsaturated/α-hetero) is 1. The number of carbonyl (C=O) groups excluding carboxylic acids is 1. The van der Waals surface area contributed by atoms with E-state index in [2.05, 4.69) is 19.2 Å². The van der Waals surface area contributed by atoms with Gasteiger partial charge in [-0.25, -0.2) is 0 Å². The van der Waals surface area contributed by atoms with E-state index in [4.69, 9.17) is 4.84 Å². The summed E-state index contributed by atoms with van der Waals surface area (Å²) in [5.41, 5.74) is 0.196. The maximum atomic E-state index is 12.8. The second-order valence-corrected chi connectivity index (χ2v) is 9.13. The zero-order valence-corrected chi connectivity index (χ0v) is 14.4. The van der Waals surface area contributed by atoms with E-state index in [0.717, 1.165) is 18.3 Å². The molecule has 4 fully saturated rings. The zero-order valence-electron chi connectivity index (χ0n) is 14.4. The van der Waals surface area contributed by atoms with Gasteiger partial charge in [0.1, 0.15) is 0 Å². The van der Waals surface area contributed by atoms with Gasteiger partial charge in [0, 0.05) is 5.41 Å². The van der Waals surface area contributed by atoms with Gasteiger partial charge >= 0.3 is 0 Å². The van der Waals surface area contributed by atoms with Crippen LogP contribution in [0, 0.1) is 39.4 Å². The Hall–Kier alpha value is -0.930. The van der Waals surface area contributed by atoms with Gasteiger partial charge in [0.05, 0.1) is 0 Å². The van der Waals surface area contributed by atoms with Crippen LogP contribution in [0.5, 0.6) is 0 Å². The summed E-state index contributed by atoms with van der Waals surface area (Å²) in [4.78, 5) is 28.2. The molecule has 7 atom stereocenters. The molecule has 0 unspecified atom stereocenters. The molecular weight excluding hydrogens is 290 g/mol. The smallest absolute Gasteiger partial charge is 0.189 e. The molecular formula is C19H29NO3. The number of carbonyl (C=O) groups is 1. The fourth-order valence-corrected chi connectivity index (χ4v) is 7.20. The van der Waals surface area contributed by atoms with E-state index in [-0.39, 0.29) is 11.2 Å². The highest BCUT2D eigenvalue weighted by molar-refractivity contribution is 5.91. The molecule has 0 aliphatic heterocycles. The lowest BCUT2D eigenvalue weighted by molar-refractivity contribution is -0.143. The van der Waals surface area contributed by atoms with Crippen LogP contribution < -0.4 is 0 Å². The molecule has 0 N–H and O–H groups in total. The molecule has 0 aromatic carbocycles. The van der Waals surface area contributed by atoms with E-state index in [1.807, 2.05) is 0 Å². The van der Waals surface area contributed by atoms with Crippen LogP contribution in [-0.2, 0) is 9.63 Å². The van der Waals surface area contributed by atoms with Crippen molar-refractivity contribution >= 4 is 5.78 Å². The Morgan fingerprint density at radius 3 is 2.65 bits per heavy atom. The normalized spacial score (nSPS) is 52.3. The topological polar surface area (TPSA) is 55.7 Å². The number of fused-ring (bicyclic) bond motifs is 5. The standard InChI is InChI=1S/C19H29NO3/c1-18-9-4-3-5-12(18)6-7-13-14(18)8-10-19(2)15(13)11-16(17(19)21)23-20-22/h12-16H,3-11H2,1-2H3/t12-,13-,14+,15+,16-,18+,19+/m1/s1. The third-order valence-electron chi connectivity index (χ3n) is 8.47. The lowest BCUT2D eigenvalue weighted by Gasteiger charge is -2.59. The molecule has 4 aliphatic carbocycles. The Bertz CT molecular complexity index is 521. The molecule has 128 valence electrons. The van der Waals surface area contributed by atoms with Crippen LogP contribution in [0.1, 0.15) is 71.6 Å². The quantitative estimate of drug-likeness (QED) is 0.549. The maximum absolute atomic E-state index is 12.8. The number of hydrogen-bond acceptors (Lipinski definition) is 4. The van der Waals surface area contributed by atoms with E-state index in [1.165, 1.54) is 44.9 Å². The molecule has 0 heterocycles. The third kappa shape index (κ3) is 2.05. The Morgan fingerprint density at radius 1 is 1.04 bits per heavy atom. The van der Waals surface area contributed by atoms with Crippen molar-refractivity contribution in [3.05, 3.63) is 4.91 Å². The molecule has 4 nitrogen and oxygen atoms in total. The molecule has 0 radical (unpaired) electrons. The van der Waals surface area contributed by atoms with E-state index >= 15 is 0 Å². The van der Waals surface area contributed by atoms with E-state index in [0.29, 0.717) is 23.7 Å². The highest BCUT2D eigenvalue weighted by atomic mass is 16.7. The Morgan fingerprint density at radius 2 is 1.87 bits per heavy atom. The minimum absolute atomic E-state index is 0.136. The highest BCUT2D eigenvalue weighted by Crippen LogP contribution is 2.65. The van der Waals surface area contributed by atoms with Gasteiger partial charge in [-0.3, -0.25) is 4.79 Å². The summed E-state index contributed by atoms with van der Waals surface area (Å²) in [6.45, 7) is 4.66. The van der Waals surface area contributed by atoms with E-state index < -0.39 is 6.10 Å². The predicted molar refractivity (Wildman–Crippen MR) is 87.4 cm³/mol. The summed E-state index contributed by atoms with van der Waals surface area (Å²) in [5.74, 6) is 2.81. The van der Waals surface area contributed by atoms with Gasteiger partial charge in [0.25, 0.3) is 0 Å². The zero-order chi connectivity index (χ0) is 16.2. The molecule has 0 aromatic rings. The largest absolute Gasteiger partial charge is 0.353 e. The van der Waals surface area contributed by atoms with Crippen LogP contribution in [0.25, 0.3) is 0 Å². The molecule has 4 rings (SSSR count). The first-order chi connectivity index (χ1) is 11.0. The van der Waals surface area contributed by atoms with Gasteiger partial charge in [0.2, 0.25) is 0 Å². The minimum atomic E-state index is -0.585. The maximum Gasteiger partial charge on any atom is 0.189 e. The number of nitrogens with zero attached hydrogens (tertiary/aromatic N) is 1. The first-order valence-electron chi connectivity index (χ1n) is 9.53. The molecule has 0 spiro atoms. The van der Waals surface area contributed by atoms with Crippen LogP contribution in [0.2, 0.25) is 0 Å². The Labute approximate surface area is 138 Å². The number of hydrogen-bond donors (Lipinski definition) is 0. The van der Waals surface area contributed by atoms with Crippen molar-refractivity contribution in [1.29, 1.82) is 0 Å². The molecule has 0 aromatic heterocycles. The van der Waals surface area contributed by atoms with E-state index in [9.17, 15) is 9.70 Å². The summed E-state index contributed by atoms with van der Waals surface area (Å²) < 4.78 is 0. The lowest BCUT2D eigenvalue weighted by atomic mass is 9.45. The second-order valence-electron chi connectivity index (χ2n) is 9.13. The van der Waals surface area contributed by atoms with Gasteiger partial charge in [-0.1, -0.05) is 26.7 Å². The van der Waals surface area contributed by atoms with Gasteiger partial charge in [-0.05, 0) is 74.0 Å². The molecule has 0 bridgehead atoms. The molecule has 0 saturated heterocycles. The number of ketones is 1. The van der Waals surface area contributed by atoms with Crippen molar-refractivity contribution < 1.29 is 9.63 Å². The van der Waals surface area contributed by atoms with Crippen LogP contribution in [0.3, 0.4) is 0 Å². The lowest BCUT2D eigenvalue weighted by Crippen LogP contribution is -2.52. The van der Waals surface area contributed by atoms with Crippen molar-refractivity contribution in [2.75, 3.05) is 0 Å². The first kappa shape index (κ1) is 15.6. The number of rotatable bonds is 2. The second kappa shape index (κ2) is 5.29. The fourth-order valence-electron chi connectivity index (χ4n) is 7.20. The van der Waals surface area contributed by atoms with E-state index in [1.54, 1.807) is 0 Å². The summed E-state index contributed by atoms with van der Waals surface area (Å²) in [5, 5.41) is 2.57. The monoisotopic (exact) mass is 319 g/mol. The minimum Gasteiger partial charge on any atom is -0.353 e. The highest BCUT2D eigenvalue weighted by Gasteiger charge is 2.62. The molecule has 0 amide bonds. The average molecular weight is 319 g/mol. The van der Waals surface area contributed by atoms with Crippen molar-refractivity contribution in [3.8, 4) is 0 Å². The third-order valence-corrected chi connectivity index (χ3v) is 8.47. The predicted octanol–water partition coefficient (Wildman–Crippen LogP) is 4.66. The summed E-state index contributed by atoms with van der Waals surface area (Å²) in [7, 11) is 0. The summed E-state index contributed by atoms with van der Waals surface area (Å²) in [6.07, 6.45) is 10.4. The fraction of sp³-hybridized carbons (Fsp3) is 0.947. The van der Waals surface area contributed by atoms with Gasteiger partial charge in [-0.2, -0.15) is 0 Å². The average Bonchev–Trinajstić information content (AvgIpc) is 2.79. The van der Waals surface area contributed by atoms with Crippen LogP contribution >= 0.6 is 0 Å². The Balaban J connectivity index is 1.63. The van der Waals surface area contributed by atoms with Gasteiger partial charge < -0.3 is 4.84 Å². The van der Waals surface area contributed by atoms with Crippen LogP contribution in [0.4, 0.5) is 0 Å². The van der Waals surface area contributed by atoms with Crippen molar-refractivity contribution in [3.63, 3.8) is 0 Å². The van der Waals surface area contributed by atoms with Crippen molar-refractivity contribution in [2.24, 2.45) is 39.8 Å². The molecule has 4 heteroatoms. The van der Waals surface area contributed by atoms with Gasteiger partial charge in [0.15, 0.2) is 17.2 Å². The van der Waals surface area contributed by atoms with Gasteiger partial charge in [-0.15, -0.1) is 4.91 Å². The molecule has 4 saturated carbocycles. The molecule has 23 heavy (non-hydrogen) atoms.